The molecule has 1 amide bonds. The van der Waals surface area contributed by atoms with Gasteiger partial charge in [-0.25, -0.2) is 0 Å². The Morgan fingerprint density at radius 3 is 2.23 bits per heavy atom. The molecule has 0 aliphatic rings. The average molecular weight is 357 g/mol. The molecule has 0 fully saturated rings. The zero-order chi connectivity index (χ0) is 18.7. The molecule has 3 aromatic rings. The lowest BCUT2D eigenvalue weighted by atomic mass is 10.0. The van der Waals surface area contributed by atoms with Crippen molar-refractivity contribution in [3.05, 3.63) is 83.9 Å². The molecule has 0 aliphatic heterocycles. The first-order chi connectivity index (χ1) is 12.4. The highest BCUT2D eigenvalue weighted by molar-refractivity contribution is 6.08. The number of carbonyl (C=O) groups is 1. The lowest BCUT2D eigenvalue weighted by molar-refractivity contribution is -0.137. The maximum Gasteiger partial charge on any atom is 0.416 e. The summed E-state index contributed by atoms with van der Waals surface area (Å²) in [6.07, 6.45) is -4.61. The topological polar surface area (TPSA) is 49.3 Å². The Morgan fingerprint density at radius 1 is 0.885 bits per heavy atom. The molecule has 0 heterocycles. The van der Waals surface area contributed by atoms with Gasteiger partial charge in [0.15, 0.2) is 0 Å². The van der Waals surface area contributed by atoms with Crippen molar-refractivity contribution in [3.63, 3.8) is 0 Å². The van der Waals surface area contributed by atoms with Crippen molar-refractivity contribution in [3.8, 4) is 16.9 Å². The lowest BCUT2D eigenvalue weighted by Crippen LogP contribution is -2.14. The molecule has 0 aliphatic carbocycles. The van der Waals surface area contributed by atoms with Gasteiger partial charge in [0.05, 0.1) is 11.1 Å². The molecule has 3 rings (SSSR count). The van der Waals surface area contributed by atoms with E-state index in [0.29, 0.717) is 17.3 Å². The van der Waals surface area contributed by atoms with E-state index >= 15 is 0 Å². The predicted molar refractivity (Wildman–Crippen MR) is 92.9 cm³/mol. The molecule has 0 radical (unpaired) electrons. The second kappa shape index (κ2) is 6.92. The molecule has 0 bridgehead atoms. The predicted octanol–water partition coefficient (Wildman–Crippen LogP) is 5.33. The molecule has 2 N–H and O–H groups in total. The molecule has 0 saturated carbocycles. The second-order valence-electron chi connectivity index (χ2n) is 5.60. The standard InChI is InChI=1S/C20H14F3NO2/c21-20(22,23)14-10-11-18(25)16(12-14)19(26)24-17-9-5-4-8-15(17)13-6-2-1-3-7-13/h1-12,25H,(H,24,26). The van der Waals surface area contributed by atoms with Crippen LogP contribution in [0.5, 0.6) is 5.75 Å². The van der Waals surface area contributed by atoms with Crippen LogP contribution in [-0.4, -0.2) is 11.0 Å². The number of rotatable bonds is 3. The minimum absolute atomic E-state index is 0.431. The molecule has 26 heavy (non-hydrogen) atoms. The molecule has 132 valence electrons. The van der Waals surface area contributed by atoms with Crippen LogP contribution in [-0.2, 0) is 6.18 Å². The van der Waals surface area contributed by atoms with Gasteiger partial charge in [-0.2, -0.15) is 13.2 Å². The number of amides is 1. The number of hydrogen-bond donors (Lipinski definition) is 2. The summed E-state index contributed by atoms with van der Waals surface area (Å²) in [6.45, 7) is 0. The molecule has 0 aromatic heterocycles. The number of benzene rings is 3. The lowest BCUT2D eigenvalue weighted by Gasteiger charge is -2.13. The molecule has 6 heteroatoms. The van der Waals surface area contributed by atoms with Crippen LogP contribution in [0.3, 0.4) is 0 Å². The Morgan fingerprint density at radius 2 is 1.54 bits per heavy atom. The van der Waals surface area contributed by atoms with E-state index in [-0.39, 0.29) is 0 Å². The first-order valence-corrected chi connectivity index (χ1v) is 7.72. The maximum atomic E-state index is 12.9. The van der Waals surface area contributed by atoms with Gasteiger partial charge < -0.3 is 10.4 Å². The van der Waals surface area contributed by atoms with Crippen LogP contribution >= 0.6 is 0 Å². The SMILES string of the molecule is O=C(Nc1ccccc1-c1ccccc1)c1cc(C(F)(F)F)ccc1O. The van der Waals surface area contributed by atoms with Gasteiger partial charge in [0.2, 0.25) is 0 Å². The highest BCUT2D eigenvalue weighted by atomic mass is 19.4. The van der Waals surface area contributed by atoms with E-state index in [4.69, 9.17) is 0 Å². The third kappa shape index (κ3) is 3.69. The van der Waals surface area contributed by atoms with Crippen molar-refractivity contribution in [2.24, 2.45) is 0 Å². The number of phenolic OH excluding ortho intramolecular Hbond substituents is 1. The summed E-state index contributed by atoms with van der Waals surface area (Å²) < 4.78 is 38.6. The minimum atomic E-state index is -4.61. The fraction of sp³-hybridized carbons (Fsp3) is 0.0500. The van der Waals surface area contributed by atoms with Gasteiger partial charge >= 0.3 is 6.18 Å². The van der Waals surface area contributed by atoms with Gasteiger partial charge in [-0.1, -0.05) is 48.5 Å². The minimum Gasteiger partial charge on any atom is -0.507 e. The van der Waals surface area contributed by atoms with E-state index in [2.05, 4.69) is 5.32 Å². The van der Waals surface area contributed by atoms with Crippen LogP contribution in [0.4, 0.5) is 18.9 Å². The van der Waals surface area contributed by atoms with Crippen LogP contribution in [0.1, 0.15) is 15.9 Å². The summed E-state index contributed by atoms with van der Waals surface area (Å²) in [5, 5.41) is 12.4. The zero-order valence-corrected chi connectivity index (χ0v) is 13.4. The summed E-state index contributed by atoms with van der Waals surface area (Å²) in [4.78, 5) is 12.5. The number of anilines is 1. The van der Waals surface area contributed by atoms with E-state index in [1.807, 2.05) is 30.3 Å². The van der Waals surface area contributed by atoms with Crippen molar-refractivity contribution >= 4 is 11.6 Å². The van der Waals surface area contributed by atoms with Crippen LogP contribution in [0, 0.1) is 0 Å². The summed E-state index contributed by atoms with van der Waals surface area (Å²) in [5.74, 6) is -1.34. The maximum absolute atomic E-state index is 12.9. The van der Waals surface area contributed by atoms with Crippen molar-refractivity contribution in [2.75, 3.05) is 5.32 Å². The number of hydrogen-bond acceptors (Lipinski definition) is 2. The van der Waals surface area contributed by atoms with Crippen LogP contribution in [0.25, 0.3) is 11.1 Å². The van der Waals surface area contributed by atoms with Crippen molar-refractivity contribution in [2.45, 2.75) is 6.18 Å². The Bertz CT molecular complexity index is 937. The zero-order valence-electron chi connectivity index (χ0n) is 13.4. The molecule has 0 unspecified atom stereocenters. The number of nitrogens with one attached hydrogen (secondary N) is 1. The number of alkyl halides is 3. The van der Waals surface area contributed by atoms with Gasteiger partial charge in [-0.05, 0) is 29.8 Å². The number of aromatic hydroxyl groups is 1. The number of carbonyl (C=O) groups excluding carboxylic acids is 1. The monoisotopic (exact) mass is 357 g/mol. The highest BCUT2D eigenvalue weighted by Crippen LogP contribution is 2.33. The Labute approximate surface area is 147 Å². The summed E-state index contributed by atoms with van der Waals surface area (Å²) in [5.41, 5.74) is 0.546. The van der Waals surface area contributed by atoms with E-state index in [0.717, 1.165) is 17.7 Å². The summed E-state index contributed by atoms with van der Waals surface area (Å²) in [6, 6.07) is 18.4. The van der Waals surface area contributed by atoms with E-state index in [1.54, 1.807) is 24.3 Å². The van der Waals surface area contributed by atoms with E-state index < -0.39 is 29.0 Å². The summed E-state index contributed by atoms with van der Waals surface area (Å²) >= 11 is 0. The molecular weight excluding hydrogens is 343 g/mol. The Kier molecular flexibility index (Phi) is 4.67. The van der Waals surface area contributed by atoms with Gasteiger partial charge in [0.1, 0.15) is 5.75 Å². The van der Waals surface area contributed by atoms with Gasteiger partial charge in [-0.3, -0.25) is 4.79 Å². The Balaban J connectivity index is 1.95. The quantitative estimate of drug-likeness (QED) is 0.666. The third-order valence-corrected chi connectivity index (χ3v) is 3.83. The van der Waals surface area contributed by atoms with E-state index in [1.165, 1.54) is 0 Å². The Hall–Kier alpha value is -3.28. The van der Waals surface area contributed by atoms with Crippen molar-refractivity contribution < 1.29 is 23.1 Å². The average Bonchev–Trinajstić information content (AvgIpc) is 2.62. The normalized spacial score (nSPS) is 11.2. The molecule has 0 spiro atoms. The molecule has 0 atom stereocenters. The van der Waals surface area contributed by atoms with Gasteiger partial charge in [0.25, 0.3) is 5.91 Å². The fourth-order valence-electron chi connectivity index (χ4n) is 2.55. The van der Waals surface area contributed by atoms with Crippen molar-refractivity contribution in [1.82, 2.24) is 0 Å². The first kappa shape index (κ1) is 17.5. The molecular formula is C20H14F3NO2. The van der Waals surface area contributed by atoms with Crippen LogP contribution in [0.15, 0.2) is 72.8 Å². The number of halogens is 3. The molecule has 0 saturated heterocycles. The molecule has 3 nitrogen and oxygen atoms in total. The van der Waals surface area contributed by atoms with Crippen LogP contribution in [0.2, 0.25) is 0 Å². The van der Waals surface area contributed by atoms with Crippen molar-refractivity contribution in [1.29, 1.82) is 0 Å². The first-order valence-electron chi connectivity index (χ1n) is 7.72. The number of para-hydroxylation sites is 1. The van der Waals surface area contributed by atoms with Crippen LogP contribution < -0.4 is 5.32 Å². The summed E-state index contributed by atoms with van der Waals surface area (Å²) in [7, 11) is 0. The number of phenols is 1. The largest absolute Gasteiger partial charge is 0.507 e. The highest BCUT2D eigenvalue weighted by Gasteiger charge is 2.32. The fourth-order valence-corrected chi connectivity index (χ4v) is 2.55. The smallest absolute Gasteiger partial charge is 0.416 e. The second-order valence-corrected chi connectivity index (χ2v) is 5.60. The third-order valence-electron chi connectivity index (χ3n) is 3.83. The van der Waals surface area contributed by atoms with E-state index in [9.17, 15) is 23.1 Å². The molecule has 3 aromatic carbocycles. The van der Waals surface area contributed by atoms with Gasteiger partial charge in [0, 0.05) is 11.3 Å². The van der Waals surface area contributed by atoms with Gasteiger partial charge in [-0.15, -0.1) is 0 Å².